The first-order valence-electron chi connectivity index (χ1n) is 9.28. The van der Waals surface area contributed by atoms with E-state index in [9.17, 15) is 8.42 Å². The maximum atomic E-state index is 12.5. The first-order valence-corrected chi connectivity index (χ1v) is 10.7. The van der Waals surface area contributed by atoms with Crippen molar-refractivity contribution in [3.63, 3.8) is 0 Å². The van der Waals surface area contributed by atoms with E-state index in [0.717, 1.165) is 17.1 Å². The van der Waals surface area contributed by atoms with Crippen molar-refractivity contribution < 1.29 is 8.42 Å². The highest BCUT2D eigenvalue weighted by atomic mass is 127. The van der Waals surface area contributed by atoms with Crippen LogP contribution in [0.3, 0.4) is 0 Å². The van der Waals surface area contributed by atoms with E-state index in [1.165, 1.54) is 4.31 Å². The fraction of sp³-hybridized carbons (Fsp3) is 0.381. The summed E-state index contributed by atoms with van der Waals surface area (Å²) in [5, 5.41) is 3.32. The van der Waals surface area contributed by atoms with Crippen molar-refractivity contribution in [2.75, 3.05) is 21.1 Å². The van der Waals surface area contributed by atoms with Crippen molar-refractivity contribution in [1.29, 1.82) is 0 Å². The summed E-state index contributed by atoms with van der Waals surface area (Å²) in [7, 11) is 2.02. The number of hydrogen-bond acceptors (Lipinski definition) is 3. The quantitative estimate of drug-likeness (QED) is 0.338. The third kappa shape index (κ3) is 7.27. The summed E-state index contributed by atoms with van der Waals surface area (Å²) in [6.45, 7) is 4.87. The van der Waals surface area contributed by atoms with Crippen molar-refractivity contribution in [3.8, 4) is 0 Å². The predicted molar refractivity (Wildman–Crippen MR) is 130 cm³/mol. The van der Waals surface area contributed by atoms with Crippen LogP contribution in [0.4, 0.5) is 0 Å². The zero-order valence-corrected chi connectivity index (χ0v) is 20.8. The number of nitrogens with zero attached hydrogens (tertiary/aromatic N) is 3. The highest BCUT2D eigenvalue weighted by Gasteiger charge is 2.22. The van der Waals surface area contributed by atoms with Gasteiger partial charge in [-0.15, -0.1) is 24.0 Å². The third-order valence-electron chi connectivity index (χ3n) is 4.46. The molecule has 0 bridgehead atoms. The second kappa shape index (κ2) is 11.5. The molecule has 1 N–H and O–H groups in total. The molecule has 160 valence electrons. The molecule has 2 rings (SSSR count). The van der Waals surface area contributed by atoms with E-state index < -0.39 is 10.0 Å². The summed E-state index contributed by atoms with van der Waals surface area (Å²) in [6, 6.07) is 17.0. The SMILES string of the molecule is CC(C)N(C)S(=O)(=O)c1ccc(CNC(=NCc2ccccc2)N(C)C)cc1.I. The second-order valence-electron chi connectivity index (χ2n) is 7.13. The highest BCUT2D eigenvalue weighted by Crippen LogP contribution is 2.17. The van der Waals surface area contributed by atoms with Crippen LogP contribution in [-0.2, 0) is 23.1 Å². The zero-order valence-electron chi connectivity index (χ0n) is 17.7. The van der Waals surface area contributed by atoms with E-state index in [0.29, 0.717) is 18.0 Å². The molecule has 0 aliphatic rings. The largest absolute Gasteiger partial charge is 0.352 e. The van der Waals surface area contributed by atoms with E-state index in [2.05, 4.69) is 10.3 Å². The molecule has 0 atom stereocenters. The molecule has 0 radical (unpaired) electrons. The first kappa shape index (κ1) is 25.4. The molecule has 0 amide bonds. The van der Waals surface area contributed by atoms with Crippen molar-refractivity contribution in [2.24, 2.45) is 4.99 Å². The molecule has 29 heavy (non-hydrogen) atoms. The lowest BCUT2D eigenvalue weighted by atomic mass is 10.2. The van der Waals surface area contributed by atoms with Crippen LogP contribution in [-0.4, -0.2) is 50.8 Å². The van der Waals surface area contributed by atoms with Crippen LogP contribution in [0.5, 0.6) is 0 Å². The lowest BCUT2D eigenvalue weighted by molar-refractivity contribution is 0.410. The van der Waals surface area contributed by atoms with Gasteiger partial charge in [-0.25, -0.2) is 13.4 Å². The van der Waals surface area contributed by atoms with Gasteiger partial charge in [-0.1, -0.05) is 42.5 Å². The van der Waals surface area contributed by atoms with E-state index in [4.69, 9.17) is 0 Å². The monoisotopic (exact) mass is 530 g/mol. The van der Waals surface area contributed by atoms with Gasteiger partial charge in [-0.3, -0.25) is 0 Å². The number of halogens is 1. The van der Waals surface area contributed by atoms with Crippen LogP contribution >= 0.6 is 24.0 Å². The van der Waals surface area contributed by atoms with Gasteiger partial charge in [-0.2, -0.15) is 4.31 Å². The number of sulfonamides is 1. The lowest BCUT2D eigenvalue weighted by Gasteiger charge is -2.21. The zero-order chi connectivity index (χ0) is 20.7. The maximum Gasteiger partial charge on any atom is 0.243 e. The van der Waals surface area contributed by atoms with E-state index in [1.807, 2.05) is 75.3 Å². The molecule has 0 aliphatic heterocycles. The summed E-state index contributed by atoms with van der Waals surface area (Å²) in [5.41, 5.74) is 2.13. The van der Waals surface area contributed by atoms with Gasteiger partial charge >= 0.3 is 0 Å². The summed E-state index contributed by atoms with van der Waals surface area (Å²) in [5.74, 6) is 0.778. The molecule has 0 saturated carbocycles. The summed E-state index contributed by atoms with van der Waals surface area (Å²) in [6.07, 6.45) is 0. The number of hydrogen-bond donors (Lipinski definition) is 1. The molecule has 0 fully saturated rings. The number of benzene rings is 2. The smallest absolute Gasteiger partial charge is 0.243 e. The van der Waals surface area contributed by atoms with Crippen molar-refractivity contribution in [1.82, 2.24) is 14.5 Å². The Hall–Kier alpha value is -1.65. The Morgan fingerprint density at radius 2 is 1.55 bits per heavy atom. The first-order chi connectivity index (χ1) is 13.2. The fourth-order valence-corrected chi connectivity index (χ4v) is 3.88. The predicted octanol–water partition coefficient (Wildman–Crippen LogP) is 3.54. The maximum absolute atomic E-state index is 12.5. The Kier molecular flexibility index (Phi) is 10.1. The standard InChI is InChI=1S/C21H30N4O2S.HI/c1-17(2)25(5)28(26,27)20-13-11-19(12-14-20)16-23-21(24(3)4)22-15-18-9-7-6-8-10-18;/h6-14,17H,15-16H2,1-5H3,(H,22,23);1H. The number of nitrogens with one attached hydrogen (secondary N) is 1. The van der Waals surface area contributed by atoms with Gasteiger partial charge in [0, 0.05) is 33.7 Å². The Morgan fingerprint density at radius 3 is 2.07 bits per heavy atom. The van der Waals surface area contributed by atoms with Crippen molar-refractivity contribution in [3.05, 3.63) is 65.7 Å². The average Bonchev–Trinajstić information content (AvgIpc) is 2.68. The molecule has 0 saturated heterocycles. The molecule has 2 aromatic rings. The van der Waals surface area contributed by atoms with E-state index in [-0.39, 0.29) is 30.0 Å². The van der Waals surface area contributed by atoms with E-state index in [1.54, 1.807) is 19.2 Å². The molecule has 6 nitrogen and oxygen atoms in total. The third-order valence-corrected chi connectivity index (χ3v) is 6.50. The molecule has 0 heterocycles. The van der Waals surface area contributed by atoms with Gasteiger partial charge in [0.1, 0.15) is 0 Å². The molecule has 2 aromatic carbocycles. The number of guanidine groups is 1. The Bertz CT molecular complexity index is 883. The van der Waals surface area contributed by atoms with Gasteiger partial charge in [0.05, 0.1) is 11.4 Å². The highest BCUT2D eigenvalue weighted by molar-refractivity contribution is 14.0. The van der Waals surface area contributed by atoms with Crippen LogP contribution in [0.25, 0.3) is 0 Å². The summed E-state index contributed by atoms with van der Waals surface area (Å²) < 4.78 is 26.5. The second-order valence-corrected chi connectivity index (χ2v) is 9.13. The minimum absolute atomic E-state index is 0. The molecule has 8 heteroatoms. The van der Waals surface area contributed by atoms with Crippen molar-refractivity contribution >= 4 is 40.0 Å². The van der Waals surface area contributed by atoms with Crippen LogP contribution in [0, 0.1) is 0 Å². The molecule has 0 aromatic heterocycles. The summed E-state index contributed by atoms with van der Waals surface area (Å²) >= 11 is 0. The van der Waals surface area contributed by atoms with Gasteiger partial charge in [0.15, 0.2) is 5.96 Å². The molecule has 0 aliphatic carbocycles. The minimum atomic E-state index is -3.46. The Labute approximate surface area is 192 Å². The molecular weight excluding hydrogens is 499 g/mol. The molecule has 0 spiro atoms. The fourth-order valence-electron chi connectivity index (χ4n) is 2.51. The van der Waals surface area contributed by atoms with E-state index >= 15 is 0 Å². The normalized spacial score (nSPS) is 12.0. The van der Waals surface area contributed by atoms with Gasteiger partial charge < -0.3 is 10.2 Å². The Balaban J connectivity index is 0.00000420. The summed E-state index contributed by atoms with van der Waals surface area (Å²) in [4.78, 5) is 6.87. The van der Waals surface area contributed by atoms with Gasteiger partial charge in [-0.05, 0) is 37.1 Å². The van der Waals surface area contributed by atoms with Crippen molar-refractivity contribution in [2.45, 2.75) is 37.9 Å². The average molecular weight is 530 g/mol. The lowest BCUT2D eigenvalue weighted by Crippen LogP contribution is -2.36. The molecule has 0 unspecified atom stereocenters. The topological polar surface area (TPSA) is 65.0 Å². The van der Waals surface area contributed by atoms with Crippen LogP contribution in [0.2, 0.25) is 0 Å². The van der Waals surface area contributed by atoms with Crippen LogP contribution in [0.1, 0.15) is 25.0 Å². The van der Waals surface area contributed by atoms with Crippen LogP contribution in [0.15, 0.2) is 64.5 Å². The molecular formula is C21H31IN4O2S. The minimum Gasteiger partial charge on any atom is -0.352 e. The van der Waals surface area contributed by atoms with Gasteiger partial charge in [0.25, 0.3) is 0 Å². The van der Waals surface area contributed by atoms with Gasteiger partial charge in [0.2, 0.25) is 10.0 Å². The number of aliphatic imine (C=N–C) groups is 1. The van der Waals surface area contributed by atoms with Crippen LogP contribution < -0.4 is 5.32 Å². The number of rotatable bonds is 7. The Morgan fingerprint density at radius 1 is 0.966 bits per heavy atom.